The van der Waals surface area contributed by atoms with Gasteiger partial charge in [0.05, 0.1) is 5.69 Å². The molecule has 118 valence electrons. The van der Waals surface area contributed by atoms with Crippen molar-refractivity contribution in [3.8, 4) is 10.6 Å². The van der Waals surface area contributed by atoms with E-state index in [1.807, 2.05) is 5.38 Å². The molecular weight excluding hydrogens is 333 g/mol. The fourth-order valence-corrected chi connectivity index (χ4v) is 3.72. The molecule has 23 heavy (non-hydrogen) atoms. The van der Waals surface area contributed by atoms with Gasteiger partial charge in [0, 0.05) is 23.2 Å². The lowest BCUT2D eigenvalue weighted by Crippen LogP contribution is -2.03. The molecule has 5 nitrogen and oxygen atoms in total. The quantitative estimate of drug-likeness (QED) is 0.545. The summed E-state index contributed by atoms with van der Waals surface area (Å²) in [6.07, 6.45) is 1.75. The molecule has 0 aliphatic rings. The average Bonchev–Trinajstić information content (AvgIpc) is 3.15. The first-order valence-electron chi connectivity index (χ1n) is 6.80. The number of hydrogen-bond acceptors (Lipinski definition) is 6. The maximum absolute atomic E-state index is 13.0. The van der Waals surface area contributed by atoms with Crippen LogP contribution < -0.4 is 5.73 Å². The van der Waals surface area contributed by atoms with E-state index in [4.69, 9.17) is 5.73 Å². The van der Waals surface area contributed by atoms with Crippen molar-refractivity contribution < 1.29 is 4.39 Å². The van der Waals surface area contributed by atoms with Crippen LogP contribution in [0.5, 0.6) is 0 Å². The van der Waals surface area contributed by atoms with Crippen LogP contribution in [0.3, 0.4) is 0 Å². The highest BCUT2D eigenvalue weighted by Gasteiger charge is 2.11. The topological polar surface area (TPSA) is 69.6 Å². The average molecular weight is 347 g/mol. The Labute approximate surface area is 141 Å². The minimum atomic E-state index is -0.250. The van der Waals surface area contributed by atoms with Crippen LogP contribution in [0.2, 0.25) is 0 Å². The van der Waals surface area contributed by atoms with E-state index in [-0.39, 0.29) is 5.82 Å². The third kappa shape index (κ3) is 3.59. The Morgan fingerprint density at radius 1 is 1.30 bits per heavy atom. The number of hydrogen-bond donors (Lipinski definition) is 1. The van der Waals surface area contributed by atoms with E-state index in [1.165, 1.54) is 35.2 Å². The summed E-state index contributed by atoms with van der Waals surface area (Å²) in [5, 5.41) is 11.5. The molecule has 0 aliphatic carbocycles. The summed E-state index contributed by atoms with van der Waals surface area (Å²) in [6.45, 7) is 4.27. The van der Waals surface area contributed by atoms with Crippen molar-refractivity contribution >= 4 is 29.0 Å². The first-order chi connectivity index (χ1) is 11.2. The van der Waals surface area contributed by atoms with E-state index < -0.39 is 0 Å². The molecule has 0 saturated carbocycles. The predicted octanol–water partition coefficient (Wildman–Crippen LogP) is 3.60. The van der Waals surface area contributed by atoms with E-state index in [9.17, 15) is 4.39 Å². The largest absolute Gasteiger partial charge is 0.368 e. The van der Waals surface area contributed by atoms with E-state index in [0.717, 1.165) is 21.4 Å². The molecule has 0 atom stereocenters. The number of thioether (sulfide) groups is 1. The summed E-state index contributed by atoms with van der Waals surface area (Å²) in [7, 11) is 0. The molecule has 8 heteroatoms. The Morgan fingerprint density at radius 2 is 2.09 bits per heavy atom. The first kappa shape index (κ1) is 15.7. The van der Waals surface area contributed by atoms with Gasteiger partial charge in [0.2, 0.25) is 5.95 Å². The van der Waals surface area contributed by atoms with Crippen LogP contribution in [-0.2, 0) is 12.3 Å². The smallest absolute Gasteiger partial charge is 0.222 e. The number of benzene rings is 1. The first-order valence-corrected chi connectivity index (χ1v) is 8.66. The maximum Gasteiger partial charge on any atom is 0.222 e. The normalized spacial score (nSPS) is 10.8. The molecule has 2 heterocycles. The van der Waals surface area contributed by atoms with Gasteiger partial charge in [0.25, 0.3) is 0 Å². The molecule has 2 aromatic heterocycles. The summed E-state index contributed by atoms with van der Waals surface area (Å²) in [5.74, 6) is 0.783. The van der Waals surface area contributed by atoms with Crippen molar-refractivity contribution in [3.63, 3.8) is 0 Å². The van der Waals surface area contributed by atoms with Crippen molar-refractivity contribution in [3.05, 3.63) is 53.8 Å². The summed E-state index contributed by atoms with van der Waals surface area (Å²) in [6, 6.07) is 6.33. The molecule has 0 bridgehead atoms. The minimum Gasteiger partial charge on any atom is -0.368 e. The number of halogens is 1. The summed E-state index contributed by atoms with van der Waals surface area (Å²) in [4.78, 5) is 4.57. The third-order valence-corrected chi connectivity index (χ3v) is 4.99. The Bertz CT molecular complexity index is 810. The molecule has 0 radical (unpaired) electrons. The van der Waals surface area contributed by atoms with Crippen LogP contribution in [0.15, 0.2) is 47.5 Å². The molecule has 0 saturated heterocycles. The van der Waals surface area contributed by atoms with Gasteiger partial charge in [-0.15, -0.1) is 28.1 Å². The zero-order chi connectivity index (χ0) is 16.2. The molecule has 0 fully saturated rings. The van der Waals surface area contributed by atoms with E-state index >= 15 is 0 Å². The van der Waals surface area contributed by atoms with Crippen molar-refractivity contribution in [2.24, 2.45) is 0 Å². The van der Waals surface area contributed by atoms with Gasteiger partial charge in [-0.25, -0.2) is 9.37 Å². The molecule has 3 aromatic rings. The van der Waals surface area contributed by atoms with Crippen molar-refractivity contribution in [2.75, 3.05) is 5.73 Å². The van der Waals surface area contributed by atoms with Crippen LogP contribution >= 0.6 is 23.1 Å². The van der Waals surface area contributed by atoms with Crippen LogP contribution in [-0.4, -0.2) is 19.7 Å². The van der Waals surface area contributed by atoms with Gasteiger partial charge in [0.1, 0.15) is 10.8 Å². The summed E-state index contributed by atoms with van der Waals surface area (Å²) >= 11 is 3.05. The number of aromatic nitrogens is 4. The minimum absolute atomic E-state index is 0.250. The van der Waals surface area contributed by atoms with Crippen LogP contribution in [0.4, 0.5) is 10.3 Å². The molecular formula is C15H14FN5S2. The van der Waals surface area contributed by atoms with Gasteiger partial charge in [-0.05, 0) is 24.3 Å². The Balaban J connectivity index is 1.70. The molecule has 0 unspecified atom stereocenters. The highest BCUT2D eigenvalue weighted by molar-refractivity contribution is 7.98. The second-order valence-corrected chi connectivity index (χ2v) is 6.48. The Morgan fingerprint density at radius 3 is 2.83 bits per heavy atom. The Kier molecular flexibility index (Phi) is 4.73. The van der Waals surface area contributed by atoms with Gasteiger partial charge in [0.15, 0.2) is 5.16 Å². The predicted molar refractivity (Wildman–Crippen MR) is 91.7 cm³/mol. The van der Waals surface area contributed by atoms with E-state index in [0.29, 0.717) is 18.2 Å². The molecule has 0 amide bonds. The van der Waals surface area contributed by atoms with Crippen LogP contribution in [0.25, 0.3) is 10.6 Å². The van der Waals surface area contributed by atoms with Gasteiger partial charge in [-0.3, -0.25) is 4.57 Å². The molecule has 3 rings (SSSR count). The summed E-state index contributed by atoms with van der Waals surface area (Å²) < 4.78 is 14.8. The van der Waals surface area contributed by atoms with Gasteiger partial charge in [-0.1, -0.05) is 17.8 Å². The lowest BCUT2D eigenvalue weighted by atomic mass is 10.2. The van der Waals surface area contributed by atoms with E-state index in [1.54, 1.807) is 22.8 Å². The summed E-state index contributed by atoms with van der Waals surface area (Å²) in [5.41, 5.74) is 7.62. The van der Waals surface area contributed by atoms with Gasteiger partial charge >= 0.3 is 0 Å². The SMILES string of the molecule is C=CCn1c(N)nnc1SCc1csc(-c2ccc(F)cc2)n1. The number of thiazole rings is 1. The second kappa shape index (κ2) is 6.93. The van der Waals surface area contributed by atoms with E-state index in [2.05, 4.69) is 21.8 Å². The molecule has 1 aromatic carbocycles. The zero-order valence-electron chi connectivity index (χ0n) is 12.1. The monoisotopic (exact) mass is 347 g/mol. The van der Waals surface area contributed by atoms with Gasteiger partial charge < -0.3 is 5.73 Å². The standard InChI is InChI=1S/C15H14FN5S2/c1-2-7-21-14(17)19-20-15(21)23-9-12-8-22-13(18-12)10-3-5-11(16)6-4-10/h2-6,8H,1,7,9H2,(H2,17,19). The number of nitrogens with two attached hydrogens (primary N) is 1. The van der Waals surface area contributed by atoms with Gasteiger partial charge in [-0.2, -0.15) is 0 Å². The number of allylic oxidation sites excluding steroid dienone is 1. The third-order valence-electron chi connectivity index (χ3n) is 3.05. The zero-order valence-corrected chi connectivity index (χ0v) is 13.8. The number of rotatable bonds is 6. The molecule has 0 aliphatic heterocycles. The highest BCUT2D eigenvalue weighted by atomic mass is 32.2. The fourth-order valence-electron chi connectivity index (χ4n) is 1.94. The van der Waals surface area contributed by atoms with Crippen LogP contribution in [0.1, 0.15) is 5.69 Å². The lowest BCUT2D eigenvalue weighted by Gasteiger charge is -2.03. The molecule has 2 N–H and O–H groups in total. The molecule has 0 spiro atoms. The second-order valence-electron chi connectivity index (χ2n) is 4.68. The number of nitrogen functional groups attached to an aromatic ring is 1. The van der Waals surface area contributed by atoms with Crippen molar-refractivity contribution in [1.29, 1.82) is 0 Å². The number of nitrogens with zero attached hydrogens (tertiary/aromatic N) is 4. The highest BCUT2D eigenvalue weighted by Crippen LogP contribution is 2.28. The maximum atomic E-state index is 13.0. The van der Waals surface area contributed by atoms with Crippen molar-refractivity contribution in [1.82, 2.24) is 19.7 Å². The lowest BCUT2D eigenvalue weighted by molar-refractivity contribution is 0.628. The Hall–Kier alpha value is -2.19. The number of anilines is 1. The fraction of sp³-hybridized carbons (Fsp3) is 0.133. The van der Waals surface area contributed by atoms with Crippen LogP contribution in [0, 0.1) is 5.82 Å². The van der Waals surface area contributed by atoms with Crippen molar-refractivity contribution in [2.45, 2.75) is 17.5 Å².